The molecule has 0 aliphatic carbocycles. The SMILES string of the molecule is Cc1cccc(NS(=O)(=O)c2ccc(C(=O)N3CCc4ccccc43)cc2)c1. The van der Waals surface area contributed by atoms with Crippen LogP contribution in [0, 0.1) is 6.92 Å². The molecule has 1 amide bonds. The number of sulfonamides is 1. The summed E-state index contributed by atoms with van der Waals surface area (Å²) in [6.45, 7) is 2.53. The maximum Gasteiger partial charge on any atom is 0.261 e. The number of carbonyl (C=O) groups excluding carboxylic acids is 1. The van der Waals surface area contributed by atoms with Crippen molar-refractivity contribution in [2.75, 3.05) is 16.2 Å². The molecule has 0 atom stereocenters. The Hall–Kier alpha value is -3.12. The Bertz CT molecular complexity index is 1140. The molecule has 0 spiro atoms. The fraction of sp³-hybridized carbons (Fsp3) is 0.136. The summed E-state index contributed by atoms with van der Waals surface area (Å²) in [6, 6.07) is 21.1. The Morgan fingerprint density at radius 1 is 0.964 bits per heavy atom. The minimum Gasteiger partial charge on any atom is -0.308 e. The van der Waals surface area contributed by atoms with Gasteiger partial charge in [-0.3, -0.25) is 9.52 Å². The summed E-state index contributed by atoms with van der Waals surface area (Å²) in [5, 5.41) is 0. The molecule has 1 heterocycles. The van der Waals surface area contributed by atoms with Crippen molar-refractivity contribution in [3.05, 3.63) is 89.5 Å². The van der Waals surface area contributed by atoms with Gasteiger partial charge in [-0.25, -0.2) is 8.42 Å². The Morgan fingerprint density at radius 3 is 2.46 bits per heavy atom. The Kier molecular flexibility index (Phi) is 4.65. The number of anilines is 2. The van der Waals surface area contributed by atoms with Gasteiger partial charge >= 0.3 is 0 Å². The molecular formula is C22H20N2O3S. The molecule has 142 valence electrons. The second kappa shape index (κ2) is 7.13. The smallest absolute Gasteiger partial charge is 0.261 e. The lowest BCUT2D eigenvalue weighted by molar-refractivity contribution is 0.0989. The standard InChI is InChI=1S/C22H20N2O3S/c1-16-5-4-7-19(15-16)23-28(26,27)20-11-9-18(10-12-20)22(25)24-14-13-17-6-2-3-8-21(17)24/h2-12,15,23H,13-14H2,1H3. The van der Waals surface area contributed by atoms with Gasteiger partial charge in [0.25, 0.3) is 15.9 Å². The molecule has 0 unspecified atom stereocenters. The highest BCUT2D eigenvalue weighted by Gasteiger charge is 2.25. The lowest BCUT2D eigenvalue weighted by Gasteiger charge is -2.17. The number of rotatable bonds is 4. The van der Waals surface area contributed by atoms with E-state index in [4.69, 9.17) is 0 Å². The summed E-state index contributed by atoms with van der Waals surface area (Å²) < 4.78 is 27.8. The van der Waals surface area contributed by atoms with Crippen molar-refractivity contribution in [3.63, 3.8) is 0 Å². The Labute approximate surface area is 164 Å². The van der Waals surface area contributed by atoms with E-state index in [1.54, 1.807) is 35.2 Å². The van der Waals surface area contributed by atoms with Gasteiger partial charge < -0.3 is 4.90 Å². The molecule has 0 aromatic heterocycles. The molecule has 0 saturated heterocycles. The predicted octanol–water partition coefficient (Wildman–Crippen LogP) is 4.00. The number of hydrogen-bond donors (Lipinski definition) is 1. The van der Waals surface area contributed by atoms with Crippen LogP contribution in [-0.2, 0) is 16.4 Å². The highest BCUT2D eigenvalue weighted by molar-refractivity contribution is 7.92. The number of amides is 1. The van der Waals surface area contributed by atoms with Crippen LogP contribution < -0.4 is 9.62 Å². The molecule has 3 aromatic carbocycles. The zero-order valence-electron chi connectivity index (χ0n) is 15.4. The minimum atomic E-state index is -3.72. The van der Waals surface area contributed by atoms with Gasteiger partial charge in [-0.1, -0.05) is 30.3 Å². The molecule has 28 heavy (non-hydrogen) atoms. The molecule has 0 fully saturated rings. The van der Waals surface area contributed by atoms with Gasteiger partial charge in [0.15, 0.2) is 0 Å². The molecule has 1 aliphatic rings. The van der Waals surface area contributed by atoms with Crippen LogP contribution in [-0.4, -0.2) is 20.9 Å². The van der Waals surface area contributed by atoms with E-state index in [-0.39, 0.29) is 10.8 Å². The number of aryl methyl sites for hydroxylation is 1. The van der Waals surface area contributed by atoms with E-state index in [1.807, 2.05) is 37.3 Å². The summed E-state index contributed by atoms with van der Waals surface area (Å²) in [5.74, 6) is -0.124. The monoisotopic (exact) mass is 392 g/mol. The number of hydrogen-bond acceptors (Lipinski definition) is 3. The molecule has 0 saturated carbocycles. The van der Waals surface area contributed by atoms with Crippen molar-refractivity contribution < 1.29 is 13.2 Å². The van der Waals surface area contributed by atoms with Crippen LogP contribution in [0.1, 0.15) is 21.5 Å². The van der Waals surface area contributed by atoms with Gasteiger partial charge in [-0.05, 0) is 66.9 Å². The maximum atomic E-state index is 12.9. The summed E-state index contributed by atoms with van der Waals surface area (Å²) in [5.41, 5.74) is 4.01. The first-order chi connectivity index (χ1) is 13.4. The molecule has 0 radical (unpaired) electrons. The highest BCUT2D eigenvalue weighted by Crippen LogP contribution is 2.29. The summed E-state index contributed by atoms with van der Waals surface area (Å²) >= 11 is 0. The first-order valence-electron chi connectivity index (χ1n) is 9.03. The predicted molar refractivity (Wildman–Crippen MR) is 110 cm³/mol. The Morgan fingerprint density at radius 2 is 1.71 bits per heavy atom. The molecule has 3 aromatic rings. The van der Waals surface area contributed by atoms with Crippen LogP contribution in [0.5, 0.6) is 0 Å². The molecule has 1 aliphatic heterocycles. The summed E-state index contributed by atoms with van der Waals surface area (Å²) in [6.07, 6.45) is 0.828. The van der Waals surface area contributed by atoms with E-state index in [9.17, 15) is 13.2 Å². The molecule has 6 heteroatoms. The van der Waals surface area contributed by atoms with Crippen molar-refractivity contribution in [2.45, 2.75) is 18.2 Å². The first-order valence-corrected chi connectivity index (χ1v) is 10.5. The molecule has 0 bridgehead atoms. The number of fused-ring (bicyclic) bond motifs is 1. The Balaban J connectivity index is 1.55. The molecule has 1 N–H and O–H groups in total. The lowest BCUT2D eigenvalue weighted by Crippen LogP contribution is -2.28. The number of nitrogens with one attached hydrogen (secondary N) is 1. The van der Waals surface area contributed by atoms with E-state index in [1.165, 1.54) is 12.1 Å². The number of benzene rings is 3. The maximum absolute atomic E-state index is 12.9. The van der Waals surface area contributed by atoms with Gasteiger partial charge in [-0.2, -0.15) is 0 Å². The van der Waals surface area contributed by atoms with Crippen LogP contribution in [0.2, 0.25) is 0 Å². The van der Waals surface area contributed by atoms with Gasteiger partial charge in [0.1, 0.15) is 0 Å². The van der Waals surface area contributed by atoms with Gasteiger partial charge in [0.2, 0.25) is 0 Å². The van der Waals surface area contributed by atoms with Crippen LogP contribution >= 0.6 is 0 Å². The van der Waals surface area contributed by atoms with E-state index >= 15 is 0 Å². The fourth-order valence-electron chi connectivity index (χ4n) is 3.40. The molecule has 4 rings (SSSR count). The summed E-state index contributed by atoms with van der Waals surface area (Å²) in [7, 11) is -3.72. The van der Waals surface area contributed by atoms with Crippen LogP contribution in [0.4, 0.5) is 11.4 Å². The number of carbonyl (C=O) groups is 1. The molecule has 5 nitrogen and oxygen atoms in total. The van der Waals surface area contributed by atoms with Crippen molar-refractivity contribution >= 4 is 27.3 Å². The lowest BCUT2D eigenvalue weighted by atomic mass is 10.1. The van der Waals surface area contributed by atoms with Gasteiger partial charge in [0.05, 0.1) is 4.90 Å². The second-order valence-corrected chi connectivity index (χ2v) is 8.52. The van der Waals surface area contributed by atoms with Crippen LogP contribution in [0.3, 0.4) is 0 Å². The molecular weight excluding hydrogens is 372 g/mol. The van der Waals surface area contributed by atoms with E-state index in [0.717, 1.165) is 23.2 Å². The third-order valence-electron chi connectivity index (χ3n) is 4.81. The topological polar surface area (TPSA) is 66.5 Å². The second-order valence-electron chi connectivity index (χ2n) is 6.83. The summed E-state index contributed by atoms with van der Waals surface area (Å²) in [4.78, 5) is 14.7. The van der Waals surface area contributed by atoms with E-state index in [0.29, 0.717) is 17.8 Å². The third-order valence-corrected chi connectivity index (χ3v) is 6.21. The first kappa shape index (κ1) is 18.3. The number of para-hydroxylation sites is 1. The van der Waals surface area contributed by atoms with Crippen molar-refractivity contribution in [2.24, 2.45) is 0 Å². The highest BCUT2D eigenvalue weighted by atomic mass is 32.2. The van der Waals surface area contributed by atoms with Crippen LogP contribution in [0.15, 0.2) is 77.7 Å². The van der Waals surface area contributed by atoms with Crippen LogP contribution in [0.25, 0.3) is 0 Å². The largest absolute Gasteiger partial charge is 0.308 e. The quantitative estimate of drug-likeness (QED) is 0.730. The average molecular weight is 392 g/mol. The van der Waals surface area contributed by atoms with Crippen molar-refractivity contribution in [1.29, 1.82) is 0 Å². The average Bonchev–Trinajstić information content (AvgIpc) is 3.11. The minimum absolute atomic E-state index is 0.118. The normalized spacial score (nSPS) is 13.2. The van der Waals surface area contributed by atoms with Gasteiger partial charge in [-0.15, -0.1) is 0 Å². The fourth-order valence-corrected chi connectivity index (χ4v) is 4.45. The zero-order chi connectivity index (χ0) is 19.7. The van der Waals surface area contributed by atoms with E-state index < -0.39 is 10.0 Å². The zero-order valence-corrected chi connectivity index (χ0v) is 16.2. The third kappa shape index (κ3) is 3.51. The van der Waals surface area contributed by atoms with E-state index in [2.05, 4.69) is 4.72 Å². The van der Waals surface area contributed by atoms with Gasteiger partial charge in [0, 0.05) is 23.5 Å². The van der Waals surface area contributed by atoms with Crippen molar-refractivity contribution in [1.82, 2.24) is 0 Å². The number of nitrogens with zero attached hydrogens (tertiary/aromatic N) is 1. The van der Waals surface area contributed by atoms with Crippen molar-refractivity contribution in [3.8, 4) is 0 Å².